The van der Waals surface area contributed by atoms with Crippen LogP contribution in [0, 0.1) is 6.92 Å². The SMILES string of the molecule is Cc1cccc(CNCc2ccc(Cl)c3cccnc23)n1. The largest absolute Gasteiger partial charge is 0.307 e. The van der Waals surface area contributed by atoms with Crippen molar-refractivity contribution in [2.24, 2.45) is 0 Å². The number of aryl methyl sites for hydroxylation is 1. The molecule has 4 heteroatoms. The van der Waals surface area contributed by atoms with Crippen LogP contribution in [0.3, 0.4) is 0 Å². The molecule has 0 atom stereocenters. The van der Waals surface area contributed by atoms with Crippen molar-refractivity contribution in [3.05, 3.63) is 70.6 Å². The lowest BCUT2D eigenvalue weighted by Crippen LogP contribution is -2.14. The summed E-state index contributed by atoms with van der Waals surface area (Å²) in [6, 6.07) is 13.9. The quantitative estimate of drug-likeness (QED) is 0.794. The van der Waals surface area contributed by atoms with Crippen LogP contribution in [0.5, 0.6) is 0 Å². The van der Waals surface area contributed by atoms with E-state index in [2.05, 4.69) is 15.3 Å². The number of benzene rings is 1. The molecule has 21 heavy (non-hydrogen) atoms. The minimum Gasteiger partial charge on any atom is -0.307 e. The first-order chi connectivity index (χ1) is 10.2. The van der Waals surface area contributed by atoms with E-state index in [4.69, 9.17) is 11.6 Å². The van der Waals surface area contributed by atoms with Crippen LogP contribution in [-0.2, 0) is 13.1 Å². The molecule has 106 valence electrons. The number of halogens is 1. The average Bonchev–Trinajstić information content (AvgIpc) is 2.50. The summed E-state index contributed by atoms with van der Waals surface area (Å²) in [5.41, 5.74) is 4.17. The molecule has 3 aromatic rings. The summed E-state index contributed by atoms with van der Waals surface area (Å²) < 4.78 is 0. The third-order valence-corrected chi connectivity index (χ3v) is 3.70. The van der Waals surface area contributed by atoms with E-state index in [9.17, 15) is 0 Å². The normalized spacial score (nSPS) is 11.0. The van der Waals surface area contributed by atoms with Gasteiger partial charge in [-0.25, -0.2) is 0 Å². The molecule has 0 unspecified atom stereocenters. The maximum absolute atomic E-state index is 6.21. The molecule has 0 aliphatic carbocycles. The second kappa shape index (κ2) is 6.20. The molecule has 3 nitrogen and oxygen atoms in total. The van der Waals surface area contributed by atoms with Gasteiger partial charge in [-0.15, -0.1) is 0 Å². The Bertz CT molecular complexity index is 771. The van der Waals surface area contributed by atoms with Crippen LogP contribution in [0.1, 0.15) is 17.0 Å². The number of pyridine rings is 2. The Kier molecular flexibility index (Phi) is 4.13. The Morgan fingerprint density at radius 1 is 1.05 bits per heavy atom. The number of nitrogens with one attached hydrogen (secondary N) is 1. The highest BCUT2D eigenvalue weighted by atomic mass is 35.5. The molecule has 0 spiro atoms. The zero-order valence-electron chi connectivity index (χ0n) is 11.8. The third kappa shape index (κ3) is 3.20. The van der Waals surface area contributed by atoms with E-state index in [1.807, 2.05) is 49.4 Å². The molecule has 0 fully saturated rings. The van der Waals surface area contributed by atoms with Gasteiger partial charge in [0.1, 0.15) is 0 Å². The van der Waals surface area contributed by atoms with Crippen molar-refractivity contribution >= 4 is 22.5 Å². The number of aromatic nitrogens is 2. The summed E-state index contributed by atoms with van der Waals surface area (Å²) in [6.45, 7) is 3.47. The number of fused-ring (bicyclic) bond motifs is 1. The second-order valence-corrected chi connectivity index (χ2v) is 5.39. The van der Waals surface area contributed by atoms with Crippen molar-refractivity contribution in [3.8, 4) is 0 Å². The van der Waals surface area contributed by atoms with E-state index in [0.717, 1.165) is 46.0 Å². The lowest BCUT2D eigenvalue weighted by Gasteiger charge is -2.09. The van der Waals surface area contributed by atoms with Gasteiger partial charge >= 0.3 is 0 Å². The summed E-state index contributed by atoms with van der Waals surface area (Å²) in [5.74, 6) is 0. The van der Waals surface area contributed by atoms with Crippen molar-refractivity contribution < 1.29 is 0 Å². The standard InChI is InChI=1S/C17H16ClN3/c1-12-4-2-5-14(21-12)11-19-10-13-7-8-16(18)15-6-3-9-20-17(13)15/h2-9,19H,10-11H2,1H3. The molecule has 2 heterocycles. The van der Waals surface area contributed by atoms with Crippen LogP contribution in [0.4, 0.5) is 0 Å². The van der Waals surface area contributed by atoms with Crippen LogP contribution in [0.25, 0.3) is 10.9 Å². The van der Waals surface area contributed by atoms with Gasteiger partial charge in [0.15, 0.2) is 0 Å². The molecule has 3 rings (SSSR count). The minimum atomic E-state index is 0.735. The van der Waals surface area contributed by atoms with E-state index < -0.39 is 0 Å². The van der Waals surface area contributed by atoms with Gasteiger partial charge in [-0.1, -0.05) is 23.7 Å². The second-order valence-electron chi connectivity index (χ2n) is 4.98. The number of rotatable bonds is 4. The topological polar surface area (TPSA) is 37.8 Å². The summed E-state index contributed by atoms with van der Waals surface area (Å²) in [7, 11) is 0. The molecule has 1 N–H and O–H groups in total. The fraction of sp³-hybridized carbons (Fsp3) is 0.176. The summed E-state index contributed by atoms with van der Waals surface area (Å²) in [6.07, 6.45) is 1.80. The van der Waals surface area contributed by atoms with Gasteiger partial charge in [0.2, 0.25) is 0 Å². The Balaban J connectivity index is 1.75. The van der Waals surface area contributed by atoms with E-state index in [1.165, 1.54) is 0 Å². The number of hydrogen-bond acceptors (Lipinski definition) is 3. The van der Waals surface area contributed by atoms with Crippen molar-refractivity contribution in [1.82, 2.24) is 15.3 Å². The van der Waals surface area contributed by atoms with Crippen molar-refractivity contribution in [3.63, 3.8) is 0 Å². The lowest BCUT2D eigenvalue weighted by molar-refractivity contribution is 0.680. The van der Waals surface area contributed by atoms with Crippen LogP contribution < -0.4 is 5.32 Å². The maximum Gasteiger partial charge on any atom is 0.0761 e. The molecule has 2 aromatic heterocycles. The predicted octanol–water partition coefficient (Wildman–Crippen LogP) is 3.88. The van der Waals surface area contributed by atoms with Gasteiger partial charge in [-0.05, 0) is 42.8 Å². The fourth-order valence-corrected chi connectivity index (χ4v) is 2.58. The molecule has 0 bridgehead atoms. The van der Waals surface area contributed by atoms with E-state index in [1.54, 1.807) is 6.20 Å². The van der Waals surface area contributed by atoms with Gasteiger partial charge in [0.05, 0.1) is 11.2 Å². The Labute approximate surface area is 129 Å². The zero-order chi connectivity index (χ0) is 14.7. The zero-order valence-corrected chi connectivity index (χ0v) is 12.6. The third-order valence-electron chi connectivity index (χ3n) is 3.37. The first-order valence-corrected chi connectivity index (χ1v) is 7.27. The van der Waals surface area contributed by atoms with Gasteiger partial charge in [0, 0.05) is 35.4 Å². The molecule has 0 aliphatic rings. The molecule has 0 radical (unpaired) electrons. The Morgan fingerprint density at radius 3 is 2.81 bits per heavy atom. The minimum absolute atomic E-state index is 0.735. The molecule has 0 amide bonds. The Hall–Kier alpha value is -1.97. The maximum atomic E-state index is 6.21. The Morgan fingerprint density at radius 2 is 1.95 bits per heavy atom. The first-order valence-electron chi connectivity index (χ1n) is 6.89. The summed E-state index contributed by atoms with van der Waals surface area (Å²) in [4.78, 5) is 8.92. The van der Waals surface area contributed by atoms with E-state index in [-0.39, 0.29) is 0 Å². The van der Waals surface area contributed by atoms with Crippen molar-refractivity contribution in [1.29, 1.82) is 0 Å². The van der Waals surface area contributed by atoms with Crippen LogP contribution in [0.2, 0.25) is 5.02 Å². The monoisotopic (exact) mass is 297 g/mol. The first kappa shape index (κ1) is 14.0. The van der Waals surface area contributed by atoms with Gasteiger partial charge in [-0.3, -0.25) is 9.97 Å². The highest BCUT2D eigenvalue weighted by Gasteiger charge is 2.05. The van der Waals surface area contributed by atoms with Crippen LogP contribution in [0.15, 0.2) is 48.7 Å². The number of hydrogen-bond donors (Lipinski definition) is 1. The van der Waals surface area contributed by atoms with Crippen molar-refractivity contribution in [2.45, 2.75) is 20.0 Å². The molecule has 1 aromatic carbocycles. The van der Waals surface area contributed by atoms with Crippen molar-refractivity contribution in [2.75, 3.05) is 0 Å². The number of nitrogens with zero attached hydrogens (tertiary/aromatic N) is 2. The summed E-state index contributed by atoms with van der Waals surface area (Å²) >= 11 is 6.21. The molecule has 0 saturated carbocycles. The van der Waals surface area contributed by atoms with Gasteiger partial charge in [-0.2, -0.15) is 0 Å². The molecule has 0 aliphatic heterocycles. The highest BCUT2D eigenvalue weighted by molar-refractivity contribution is 6.35. The van der Waals surface area contributed by atoms with Gasteiger partial charge in [0.25, 0.3) is 0 Å². The van der Waals surface area contributed by atoms with Gasteiger partial charge < -0.3 is 5.32 Å². The van der Waals surface area contributed by atoms with E-state index in [0.29, 0.717) is 0 Å². The van der Waals surface area contributed by atoms with E-state index >= 15 is 0 Å². The lowest BCUT2D eigenvalue weighted by atomic mass is 10.1. The average molecular weight is 298 g/mol. The van der Waals surface area contributed by atoms with Crippen LogP contribution >= 0.6 is 11.6 Å². The summed E-state index contributed by atoms with van der Waals surface area (Å²) in [5, 5.41) is 5.14. The molecular formula is C17H16ClN3. The highest BCUT2D eigenvalue weighted by Crippen LogP contribution is 2.24. The molecular weight excluding hydrogens is 282 g/mol. The molecule has 0 saturated heterocycles. The van der Waals surface area contributed by atoms with Crippen LogP contribution in [-0.4, -0.2) is 9.97 Å². The predicted molar refractivity (Wildman–Crippen MR) is 86.3 cm³/mol. The smallest absolute Gasteiger partial charge is 0.0761 e. The fourth-order valence-electron chi connectivity index (χ4n) is 2.36.